The van der Waals surface area contributed by atoms with Gasteiger partial charge in [-0.05, 0) is 31.0 Å². The van der Waals surface area contributed by atoms with E-state index in [0.29, 0.717) is 25.3 Å². The van der Waals surface area contributed by atoms with Crippen LogP contribution in [0.2, 0.25) is 0 Å². The van der Waals surface area contributed by atoms with Crippen LogP contribution in [0.15, 0.2) is 48.7 Å². The quantitative estimate of drug-likeness (QED) is 0.722. The lowest BCUT2D eigenvalue weighted by Gasteiger charge is -2.35. The summed E-state index contributed by atoms with van der Waals surface area (Å²) in [6.07, 6.45) is 2.36. The van der Waals surface area contributed by atoms with E-state index in [1.807, 2.05) is 67.4 Å². The fourth-order valence-electron chi connectivity index (χ4n) is 3.97. The summed E-state index contributed by atoms with van der Waals surface area (Å²) in [4.78, 5) is 25.9. The Hall–Kier alpha value is -3.19. The van der Waals surface area contributed by atoms with Crippen LogP contribution < -0.4 is 5.32 Å². The Morgan fingerprint density at radius 2 is 1.83 bits per heavy atom. The van der Waals surface area contributed by atoms with Crippen molar-refractivity contribution in [1.82, 2.24) is 14.5 Å². The monoisotopic (exact) mass is 406 g/mol. The second kappa shape index (κ2) is 8.28. The van der Waals surface area contributed by atoms with Crippen LogP contribution in [0.25, 0.3) is 16.6 Å². The normalized spacial score (nSPS) is 19.1. The summed E-state index contributed by atoms with van der Waals surface area (Å²) >= 11 is 0. The summed E-state index contributed by atoms with van der Waals surface area (Å²) in [5, 5.41) is 7.10. The first-order valence-electron chi connectivity index (χ1n) is 10.2. The SMILES string of the molecule is CC(=O)Nc1cc2c(-c3ccc(CC(=O)N4CC(C)OC(C)C4)cc3)cccn2n1. The largest absolute Gasteiger partial charge is 0.372 e. The molecule has 7 nitrogen and oxygen atoms in total. The number of pyridine rings is 1. The van der Waals surface area contributed by atoms with Crippen molar-refractivity contribution in [1.29, 1.82) is 0 Å². The molecule has 30 heavy (non-hydrogen) atoms. The third-order valence-corrected chi connectivity index (χ3v) is 5.20. The molecular weight excluding hydrogens is 380 g/mol. The van der Waals surface area contributed by atoms with Crippen LogP contribution in [-0.2, 0) is 20.7 Å². The van der Waals surface area contributed by atoms with E-state index in [0.717, 1.165) is 22.2 Å². The summed E-state index contributed by atoms with van der Waals surface area (Å²) < 4.78 is 7.46. The molecule has 0 bridgehead atoms. The zero-order valence-corrected chi connectivity index (χ0v) is 17.5. The lowest BCUT2D eigenvalue weighted by atomic mass is 10.0. The van der Waals surface area contributed by atoms with Crippen LogP contribution in [0.1, 0.15) is 26.3 Å². The Kier molecular flexibility index (Phi) is 5.55. The molecule has 0 spiro atoms. The predicted octanol–water partition coefficient (Wildman–Crippen LogP) is 3.14. The first kappa shape index (κ1) is 20.1. The van der Waals surface area contributed by atoms with E-state index in [4.69, 9.17) is 4.74 Å². The Balaban J connectivity index is 1.52. The van der Waals surface area contributed by atoms with Crippen molar-refractivity contribution in [3.63, 3.8) is 0 Å². The molecule has 7 heteroatoms. The van der Waals surface area contributed by atoms with Gasteiger partial charge in [-0.15, -0.1) is 0 Å². The van der Waals surface area contributed by atoms with Crippen LogP contribution in [0.4, 0.5) is 5.82 Å². The average Bonchev–Trinajstić information content (AvgIpc) is 3.09. The Morgan fingerprint density at radius 1 is 1.13 bits per heavy atom. The van der Waals surface area contributed by atoms with Crippen LogP contribution in [0.5, 0.6) is 0 Å². The van der Waals surface area contributed by atoms with E-state index >= 15 is 0 Å². The number of carbonyl (C=O) groups excluding carboxylic acids is 2. The van der Waals surface area contributed by atoms with Crippen molar-refractivity contribution in [2.45, 2.75) is 39.4 Å². The Labute approximate surface area is 175 Å². The van der Waals surface area contributed by atoms with Gasteiger partial charge in [0.05, 0.1) is 24.1 Å². The number of benzene rings is 1. The van der Waals surface area contributed by atoms with Gasteiger partial charge in [0.15, 0.2) is 5.82 Å². The molecule has 1 saturated heterocycles. The van der Waals surface area contributed by atoms with Crippen molar-refractivity contribution in [2.75, 3.05) is 18.4 Å². The maximum Gasteiger partial charge on any atom is 0.227 e. The summed E-state index contributed by atoms with van der Waals surface area (Å²) in [7, 11) is 0. The van der Waals surface area contributed by atoms with Crippen molar-refractivity contribution in [3.8, 4) is 11.1 Å². The number of hydrogen-bond donors (Lipinski definition) is 1. The van der Waals surface area contributed by atoms with Gasteiger partial charge in [0, 0.05) is 37.8 Å². The molecule has 2 unspecified atom stereocenters. The molecule has 156 valence electrons. The number of nitrogens with zero attached hydrogens (tertiary/aromatic N) is 3. The smallest absolute Gasteiger partial charge is 0.227 e. The summed E-state index contributed by atoms with van der Waals surface area (Å²) in [6, 6.07) is 13.8. The van der Waals surface area contributed by atoms with Crippen molar-refractivity contribution >= 4 is 23.1 Å². The minimum Gasteiger partial charge on any atom is -0.372 e. The molecule has 3 heterocycles. The van der Waals surface area contributed by atoms with Gasteiger partial charge in [-0.1, -0.05) is 30.3 Å². The molecule has 2 aromatic heterocycles. The standard InChI is InChI=1S/C23H26N4O3/c1-15-13-26(14-16(2)30-15)23(29)11-18-6-8-19(9-7-18)20-5-4-10-27-21(20)12-22(25-27)24-17(3)28/h4-10,12,15-16H,11,13-14H2,1-3H3,(H,24,25,28). The topological polar surface area (TPSA) is 75.9 Å². The molecule has 2 atom stereocenters. The van der Waals surface area contributed by atoms with E-state index in [-0.39, 0.29) is 24.0 Å². The van der Waals surface area contributed by atoms with E-state index < -0.39 is 0 Å². The number of ether oxygens (including phenoxy) is 1. The van der Waals surface area contributed by atoms with Gasteiger partial charge >= 0.3 is 0 Å². The fourth-order valence-corrected chi connectivity index (χ4v) is 3.97. The summed E-state index contributed by atoms with van der Waals surface area (Å²) in [5.74, 6) is 0.492. The van der Waals surface area contributed by atoms with E-state index in [9.17, 15) is 9.59 Å². The van der Waals surface area contributed by atoms with Crippen molar-refractivity contribution < 1.29 is 14.3 Å². The number of carbonyl (C=O) groups is 2. The number of hydrogen-bond acceptors (Lipinski definition) is 4. The van der Waals surface area contributed by atoms with Crippen molar-refractivity contribution in [3.05, 3.63) is 54.2 Å². The van der Waals surface area contributed by atoms with E-state index in [1.165, 1.54) is 6.92 Å². The number of nitrogens with one attached hydrogen (secondary N) is 1. The molecule has 2 amide bonds. The minimum absolute atomic E-state index is 0.0682. The predicted molar refractivity (Wildman–Crippen MR) is 115 cm³/mol. The Morgan fingerprint density at radius 3 is 2.50 bits per heavy atom. The number of amides is 2. The molecule has 0 radical (unpaired) electrons. The number of anilines is 1. The third kappa shape index (κ3) is 4.36. The highest BCUT2D eigenvalue weighted by Gasteiger charge is 2.25. The zero-order valence-electron chi connectivity index (χ0n) is 17.5. The minimum atomic E-state index is -0.155. The summed E-state index contributed by atoms with van der Waals surface area (Å²) in [5.41, 5.74) is 3.92. The van der Waals surface area contributed by atoms with Gasteiger partial charge < -0.3 is 15.0 Å². The van der Waals surface area contributed by atoms with Gasteiger partial charge in [0.1, 0.15) is 0 Å². The highest BCUT2D eigenvalue weighted by Crippen LogP contribution is 2.27. The Bertz CT molecular complexity index is 1060. The van der Waals surface area contributed by atoms with Crippen LogP contribution in [0, 0.1) is 0 Å². The van der Waals surface area contributed by atoms with Crippen LogP contribution in [0.3, 0.4) is 0 Å². The van der Waals surface area contributed by atoms with E-state index in [2.05, 4.69) is 10.4 Å². The fraction of sp³-hybridized carbons (Fsp3) is 0.348. The van der Waals surface area contributed by atoms with Crippen LogP contribution >= 0.6 is 0 Å². The molecule has 1 aliphatic rings. The molecular formula is C23H26N4O3. The molecule has 1 fully saturated rings. The lowest BCUT2D eigenvalue weighted by Crippen LogP contribution is -2.48. The third-order valence-electron chi connectivity index (χ3n) is 5.20. The second-order valence-electron chi connectivity index (χ2n) is 7.89. The second-order valence-corrected chi connectivity index (χ2v) is 7.89. The molecule has 0 saturated carbocycles. The average molecular weight is 406 g/mol. The maximum absolute atomic E-state index is 12.7. The number of rotatable bonds is 4. The zero-order chi connectivity index (χ0) is 21.3. The number of morpholine rings is 1. The molecule has 4 rings (SSSR count). The van der Waals surface area contributed by atoms with Gasteiger partial charge in [0.25, 0.3) is 0 Å². The molecule has 1 aliphatic heterocycles. The van der Waals surface area contributed by atoms with Gasteiger partial charge in [-0.3, -0.25) is 9.59 Å². The van der Waals surface area contributed by atoms with Gasteiger partial charge in [-0.25, -0.2) is 4.52 Å². The first-order chi connectivity index (χ1) is 14.4. The highest BCUT2D eigenvalue weighted by atomic mass is 16.5. The number of fused-ring (bicyclic) bond motifs is 1. The lowest BCUT2D eigenvalue weighted by molar-refractivity contribution is -0.142. The molecule has 0 aliphatic carbocycles. The molecule has 3 aromatic rings. The number of aromatic nitrogens is 2. The highest BCUT2D eigenvalue weighted by molar-refractivity contribution is 5.90. The van der Waals surface area contributed by atoms with Gasteiger partial charge in [-0.2, -0.15) is 5.10 Å². The molecule has 1 aromatic carbocycles. The molecule has 1 N–H and O–H groups in total. The maximum atomic E-state index is 12.7. The van der Waals surface area contributed by atoms with Crippen LogP contribution in [-0.4, -0.2) is 51.6 Å². The van der Waals surface area contributed by atoms with Crippen molar-refractivity contribution in [2.24, 2.45) is 0 Å². The van der Waals surface area contributed by atoms with Gasteiger partial charge in [0.2, 0.25) is 11.8 Å². The summed E-state index contributed by atoms with van der Waals surface area (Å²) in [6.45, 7) is 6.74. The van der Waals surface area contributed by atoms with E-state index in [1.54, 1.807) is 4.52 Å². The first-order valence-corrected chi connectivity index (χ1v) is 10.2.